The predicted octanol–water partition coefficient (Wildman–Crippen LogP) is 3.95. The summed E-state index contributed by atoms with van der Waals surface area (Å²) in [5.41, 5.74) is 1.79. The van der Waals surface area contributed by atoms with E-state index in [1.165, 1.54) is 17.4 Å². The molecule has 2 heterocycles. The number of nitrogens with zero attached hydrogens (tertiary/aromatic N) is 2. The third-order valence-corrected chi connectivity index (χ3v) is 5.17. The molecule has 3 aromatic rings. The summed E-state index contributed by atoms with van der Waals surface area (Å²) in [7, 11) is 0. The van der Waals surface area contributed by atoms with Crippen molar-refractivity contribution in [2.75, 3.05) is 13.2 Å². The van der Waals surface area contributed by atoms with E-state index in [9.17, 15) is 9.18 Å². The van der Waals surface area contributed by atoms with Gasteiger partial charge in [-0.25, -0.2) is 14.4 Å². The zero-order valence-electron chi connectivity index (χ0n) is 14.9. The summed E-state index contributed by atoms with van der Waals surface area (Å²) in [6.45, 7) is 6.47. The number of fused-ring (bicyclic) bond motifs is 1. The minimum atomic E-state index is -0.385. The van der Waals surface area contributed by atoms with Gasteiger partial charge in [-0.1, -0.05) is 12.1 Å². The SMILES string of the molecule is Cc1nc(C)c2c(C)c(C(=O)NCCCOc3ccccc3F)sc2n1. The van der Waals surface area contributed by atoms with E-state index in [0.717, 1.165) is 21.5 Å². The zero-order valence-corrected chi connectivity index (χ0v) is 15.7. The topological polar surface area (TPSA) is 64.1 Å². The van der Waals surface area contributed by atoms with Gasteiger partial charge < -0.3 is 10.1 Å². The predicted molar refractivity (Wildman–Crippen MR) is 100 cm³/mol. The van der Waals surface area contributed by atoms with Gasteiger partial charge >= 0.3 is 0 Å². The quantitative estimate of drug-likeness (QED) is 0.665. The number of amides is 1. The highest BCUT2D eigenvalue weighted by Gasteiger charge is 2.18. The molecule has 0 aliphatic carbocycles. The summed E-state index contributed by atoms with van der Waals surface area (Å²) < 4.78 is 18.8. The molecule has 1 N–H and O–H groups in total. The molecule has 0 saturated heterocycles. The number of hydrogen-bond acceptors (Lipinski definition) is 5. The van der Waals surface area contributed by atoms with Crippen molar-refractivity contribution in [2.45, 2.75) is 27.2 Å². The number of nitrogens with one attached hydrogen (secondary N) is 1. The fourth-order valence-corrected chi connectivity index (χ4v) is 3.98. The molecule has 2 aromatic heterocycles. The van der Waals surface area contributed by atoms with E-state index in [0.29, 0.717) is 30.3 Å². The lowest BCUT2D eigenvalue weighted by Gasteiger charge is -2.08. The van der Waals surface area contributed by atoms with Crippen molar-refractivity contribution in [1.82, 2.24) is 15.3 Å². The molecule has 1 aromatic carbocycles. The Labute approximate surface area is 155 Å². The molecule has 3 rings (SSSR count). The molecule has 0 fully saturated rings. The van der Waals surface area contributed by atoms with Gasteiger partial charge in [0.1, 0.15) is 10.7 Å². The molecule has 0 spiro atoms. The molecule has 0 atom stereocenters. The molecule has 0 aliphatic heterocycles. The van der Waals surface area contributed by atoms with Crippen LogP contribution in [-0.2, 0) is 0 Å². The summed E-state index contributed by atoms with van der Waals surface area (Å²) >= 11 is 1.38. The number of benzene rings is 1. The Bertz CT molecular complexity index is 955. The van der Waals surface area contributed by atoms with Crippen molar-refractivity contribution in [3.8, 4) is 5.75 Å². The average Bonchev–Trinajstić information content (AvgIpc) is 2.92. The van der Waals surface area contributed by atoms with Crippen LogP contribution in [0.1, 0.15) is 33.2 Å². The maximum atomic E-state index is 13.5. The van der Waals surface area contributed by atoms with Crippen LogP contribution in [0.2, 0.25) is 0 Å². The summed E-state index contributed by atoms with van der Waals surface area (Å²) in [5.74, 6) is 0.412. The normalized spacial score (nSPS) is 10.9. The van der Waals surface area contributed by atoms with Gasteiger partial charge in [0, 0.05) is 17.6 Å². The van der Waals surface area contributed by atoms with E-state index in [2.05, 4.69) is 15.3 Å². The van der Waals surface area contributed by atoms with Crippen LogP contribution in [0.3, 0.4) is 0 Å². The third kappa shape index (κ3) is 3.83. The highest BCUT2D eigenvalue weighted by atomic mass is 32.1. The van der Waals surface area contributed by atoms with E-state index >= 15 is 0 Å². The Balaban J connectivity index is 1.57. The number of rotatable bonds is 6. The van der Waals surface area contributed by atoms with Crippen molar-refractivity contribution in [2.24, 2.45) is 0 Å². The lowest BCUT2D eigenvalue weighted by Crippen LogP contribution is -2.25. The Hall–Kier alpha value is -2.54. The highest BCUT2D eigenvalue weighted by molar-refractivity contribution is 7.20. The van der Waals surface area contributed by atoms with Gasteiger partial charge in [-0.15, -0.1) is 11.3 Å². The van der Waals surface area contributed by atoms with Crippen LogP contribution in [0, 0.1) is 26.6 Å². The van der Waals surface area contributed by atoms with Gasteiger partial charge in [-0.2, -0.15) is 0 Å². The summed E-state index contributed by atoms with van der Waals surface area (Å²) in [6, 6.07) is 6.27. The molecule has 136 valence electrons. The summed E-state index contributed by atoms with van der Waals surface area (Å²) in [5, 5.41) is 3.84. The van der Waals surface area contributed by atoms with Crippen LogP contribution in [-0.4, -0.2) is 29.0 Å². The first-order valence-corrected chi connectivity index (χ1v) is 9.19. The minimum Gasteiger partial charge on any atom is -0.490 e. The fourth-order valence-electron chi connectivity index (χ4n) is 2.79. The van der Waals surface area contributed by atoms with Gasteiger partial charge in [-0.3, -0.25) is 4.79 Å². The molecule has 26 heavy (non-hydrogen) atoms. The van der Waals surface area contributed by atoms with E-state index in [1.54, 1.807) is 18.2 Å². The maximum absolute atomic E-state index is 13.5. The summed E-state index contributed by atoms with van der Waals surface area (Å²) in [4.78, 5) is 22.8. The Morgan fingerprint density at radius 2 is 2.00 bits per heavy atom. The number of halogens is 1. The van der Waals surface area contributed by atoms with Crippen LogP contribution in [0.25, 0.3) is 10.2 Å². The minimum absolute atomic E-state index is 0.131. The molecule has 0 saturated carbocycles. The number of para-hydroxylation sites is 1. The number of hydrogen-bond donors (Lipinski definition) is 1. The molecular weight excluding hydrogens is 353 g/mol. The summed E-state index contributed by atoms with van der Waals surface area (Å²) in [6.07, 6.45) is 0.585. The number of thiophene rings is 1. The van der Waals surface area contributed by atoms with Gasteiger partial charge in [-0.05, 0) is 44.9 Å². The molecule has 7 heteroatoms. The highest BCUT2D eigenvalue weighted by Crippen LogP contribution is 2.31. The third-order valence-electron chi connectivity index (χ3n) is 3.99. The lowest BCUT2D eigenvalue weighted by atomic mass is 10.1. The first kappa shape index (κ1) is 18.3. The number of ether oxygens (including phenoxy) is 1. The van der Waals surface area contributed by atoms with E-state index in [-0.39, 0.29) is 17.5 Å². The second-order valence-corrected chi connectivity index (χ2v) is 6.98. The van der Waals surface area contributed by atoms with Crippen LogP contribution < -0.4 is 10.1 Å². The molecule has 0 bridgehead atoms. The van der Waals surface area contributed by atoms with E-state index in [1.807, 2.05) is 20.8 Å². The van der Waals surface area contributed by atoms with E-state index in [4.69, 9.17) is 4.74 Å². The van der Waals surface area contributed by atoms with Crippen molar-refractivity contribution in [1.29, 1.82) is 0 Å². The number of aromatic nitrogens is 2. The van der Waals surface area contributed by atoms with Gasteiger partial charge in [0.05, 0.1) is 11.5 Å². The average molecular weight is 373 g/mol. The smallest absolute Gasteiger partial charge is 0.261 e. The molecule has 0 radical (unpaired) electrons. The first-order valence-electron chi connectivity index (χ1n) is 8.37. The standard InChI is InChI=1S/C19H20FN3O2S/c1-11-16-12(2)22-13(3)23-19(16)26-17(11)18(24)21-9-6-10-25-15-8-5-4-7-14(15)20/h4-5,7-8H,6,9-10H2,1-3H3,(H,21,24). The number of carbonyl (C=O) groups excluding carboxylic acids is 1. The fraction of sp³-hybridized carbons (Fsp3) is 0.316. The molecule has 0 aliphatic rings. The Kier molecular flexibility index (Phi) is 5.46. The second-order valence-electron chi connectivity index (χ2n) is 5.98. The zero-order chi connectivity index (χ0) is 18.7. The first-order chi connectivity index (χ1) is 12.5. The van der Waals surface area contributed by atoms with Gasteiger partial charge in [0.2, 0.25) is 0 Å². The van der Waals surface area contributed by atoms with Crippen molar-refractivity contribution >= 4 is 27.5 Å². The lowest BCUT2D eigenvalue weighted by molar-refractivity contribution is 0.0955. The van der Waals surface area contributed by atoms with Gasteiger partial charge in [0.25, 0.3) is 5.91 Å². The number of carbonyl (C=O) groups is 1. The van der Waals surface area contributed by atoms with Crippen LogP contribution in [0.4, 0.5) is 4.39 Å². The van der Waals surface area contributed by atoms with Crippen LogP contribution in [0.5, 0.6) is 5.75 Å². The monoisotopic (exact) mass is 373 g/mol. The molecular formula is C19H20FN3O2S. The van der Waals surface area contributed by atoms with Crippen LogP contribution in [0.15, 0.2) is 24.3 Å². The van der Waals surface area contributed by atoms with Gasteiger partial charge in [0.15, 0.2) is 11.6 Å². The maximum Gasteiger partial charge on any atom is 0.261 e. The Morgan fingerprint density at radius 3 is 2.77 bits per heavy atom. The molecule has 0 unspecified atom stereocenters. The molecule has 5 nitrogen and oxygen atoms in total. The van der Waals surface area contributed by atoms with E-state index < -0.39 is 0 Å². The largest absolute Gasteiger partial charge is 0.490 e. The van der Waals surface area contributed by atoms with Crippen LogP contribution >= 0.6 is 11.3 Å². The van der Waals surface area contributed by atoms with Crippen molar-refractivity contribution in [3.63, 3.8) is 0 Å². The van der Waals surface area contributed by atoms with Crippen molar-refractivity contribution in [3.05, 3.63) is 52.0 Å². The molecule has 1 amide bonds. The second kappa shape index (κ2) is 7.78. The number of aryl methyl sites for hydroxylation is 3. The van der Waals surface area contributed by atoms with Crippen molar-refractivity contribution < 1.29 is 13.9 Å². The Morgan fingerprint density at radius 1 is 1.23 bits per heavy atom.